The molecule has 0 spiro atoms. The molecule has 6 nitrogen and oxygen atoms in total. The Labute approximate surface area is 126 Å². The molecule has 3 N–H and O–H groups in total. The van der Waals surface area contributed by atoms with E-state index in [4.69, 9.17) is 15.7 Å². The van der Waals surface area contributed by atoms with Gasteiger partial charge in [-0.2, -0.15) is 0 Å². The standard InChI is InChI=1S/C13H18BrN3O3/c1-3-17(7-6-12(15)16-19)13(18)10-5-4-9(14)8-11(10)20-2/h4-5,8,19H,3,6-7H2,1-2H3,(H2,15,16). The van der Waals surface area contributed by atoms with Crippen LogP contribution in [0.4, 0.5) is 0 Å². The molecule has 1 aromatic carbocycles. The van der Waals surface area contributed by atoms with Crippen LogP contribution in [0.15, 0.2) is 27.8 Å². The van der Waals surface area contributed by atoms with Gasteiger partial charge in [-0.15, -0.1) is 0 Å². The molecule has 0 bridgehead atoms. The van der Waals surface area contributed by atoms with Crippen molar-refractivity contribution >= 4 is 27.7 Å². The van der Waals surface area contributed by atoms with Crippen LogP contribution in [-0.4, -0.2) is 42.0 Å². The number of nitrogens with two attached hydrogens (primary N) is 1. The lowest BCUT2D eigenvalue weighted by Crippen LogP contribution is -2.34. The van der Waals surface area contributed by atoms with Crippen LogP contribution in [0.3, 0.4) is 0 Å². The third-order valence-electron chi connectivity index (χ3n) is 2.83. The Balaban J connectivity index is 2.91. The van der Waals surface area contributed by atoms with Crippen molar-refractivity contribution in [3.8, 4) is 5.75 Å². The van der Waals surface area contributed by atoms with Gasteiger partial charge in [-0.3, -0.25) is 4.79 Å². The molecule has 7 heteroatoms. The monoisotopic (exact) mass is 343 g/mol. The number of nitrogens with zero attached hydrogens (tertiary/aromatic N) is 2. The molecule has 20 heavy (non-hydrogen) atoms. The van der Waals surface area contributed by atoms with E-state index in [1.807, 2.05) is 6.92 Å². The second kappa shape index (κ2) is 7.74. The normalized spacial score (nSPS) is 11.2. The van der Waals surface area contributed by atoms with Gasteiger partial charge in [0.2, 0.25) is 0 Å². The summed E-state index contributed by atoms with van der Waals surface area (Å²) >= 11 is 3.33. The van der Waals surface area contributed by atoms with Gasteiger partial charge in [-0.05, 0) is 25.1 Å². The molecule has 0 aliphatic heterocycles. The molecular weight excluding hydrogens is 326 g/mol. The molecule has 110 valence electrons. The molecule has 1 rings (SSSR count). The van der Waals surface area contributed by atoms with Gasteiger partial charge >= 0.3 is 0 Å². The number of hydrogen-bond acceptors (Lipinski definition) is 4. The maximum Gasteiger partial charge on any atom is 0.257 e. The minimum absolute atomic E-state index is 0.0963. The molecule has 0 aromatic heterocycles. The minimum atomic E-state index is -0.150. The second-order valence-corrected chi connectivity index (χ2v) is 4.99. The van der Waals surface area contributed by atoms with Crippen LogP contribution in [0.2, 0.25) is 0 Å². The number of amides is 1. The Morgan fingerprint density at radius 2 is 2.25 bits per heavy atom. The van der Waals surface area contributed by atoms with E-state index < -0.39 is 0 Å². The molecule has 1 aromatic rings. The van der Waals surface area contributed by atoms with E-state index in [1.165, 1.54) is 7.11 Å². The summed E-state index contributed by atoms with van der Waals surface area (Å²) in [4.78, 5) is 14.1. The van der Waals surface area contributed by atoms with Crippen LogP contribution in [0.25, 0.3) is 0 Å². The fraction of sp³-hybridized carbons (Fsp3) is 0.385. The van der Waals surface area contributed by atoms with E-state index in [-0.39, 0.29) is 11.7 Å². The summed E-state index contributed by atoms with van der Waals surface area (Å²) in [6.45, 7) is 2.77. The zero-order valence-electron chi connectivity index (χ0n) is 11.5. The van der Waals surface area contributed by atoms with E-state index in [2.05, 4.69) is 21.1 Å². The Hall–Kier alpha value is -1.76. The molecule has 0 aliphatic carbocycles. The second-order valence-electron chi connectivity index (χ2n) is 4.07. The number of carbonyl (C=O) groups excluding carboxylic acids is 1. The number of carbonyl (C=O) groups is 1. The molecule has 0 radical (unpaired) electrons. The largest absolute Gasteiger partial charge is 0.496 e. The van der Waals surface area contributed by atoms with Crippen LogP contribution in [0, 0.1) is 0 Å². The lowest BCUT2D eigenvalue weighted by molar-refractivity contribution is 0.0765. The number of methoxy groups -OCH3 is 1. The van der Waals surface area contributed by atoms with Gasteiger partial charge < -0.3 is 20.6 Å². The summed E-state index contributed by atoms with van der Waals surface area (Å²) in [5.74, 6) is 0.452. The topological polar surface area (TPSA) is 88.1 Å². The Morgan fingerprint density at radius 3 is 2.80 bits per heavy atom. The van der Waals surface area contributed by atoms with Crippen molar-refractivity contribution in [3.05, 3.63) is 28.2 Å². The SMILES string of the molecule is CCN(CC/C(N)=N/O)C(=O)c1ccc(Br)cc1OC. The van der Waals surface area contributed by atoms with Gasteiger partial charge in [-0.1, -0.05) is 21.1 Å². The number of halogens is 1. The van der Waals surface area contributed by atoms with Crippen molar-refractivity contribution in [1.82, 2.24) is 4.90 Å². The first-order chi connectivity index (χ1) is 9.53. The van der Waals surface area contributed by atoms with Gasteiger partial charge in [0.05, 0.1) is 12.7 Å². The van der Waals surface area contributed by atoms with E-state index in [0.717, 1.165) is 4.47 Å². The number of oxime groups is 1. The first-order valence-electron chi connectivity index (χ1n) is 6.12. The van der Waals surface area contributed by atoms with Crippen molar-refractivity contribution in [2.24, 2.45) is 10.9 Å². The summed E-state index contributed by atoms with van der Waals surface area (Å²) in [7, 11) is 1.52. The van der Waals surface area contributed by atoms with E-state index in [9.17, 15) is 4.79 Å². The molecule has 0 atom stereocenters. The fourth-order valence-electron chi connectivity index (χ4n) is 1.71. The van der Waals surface area contributed by atoms with Crippen molar-refractivity contribution < 1.29 is 14.7 Å². The molecule has 0 saturated heterocycles. The van der Waals surface area contributed by atoms with Crippen molar-refractivity contribution in [1.29, 1.82) is 0 Å². The summed E-state index contributed by atoms with van der Waals surface area (Å²) in [5, 5.41) is 11.4. The third kappa shape index (κ3) is 4.12. The van der Waals surface area contributed by atoms with Crippen molar-refractivity contribution in [3.63, 3.8) is 0 Å². The van der Waals surface area contributed by atoms with Gasteiger partial charge in [-0.25, -0.2) is 0 Å². The Bertz CT molecular complexity index is 506. The predicted molar refractivity (Wildman–Crippen MR) is 80.3 cm³/mol. The lowest BCUT2D eigenvalue weighted by atomic mass is 10.1. The number of benzene rings is 1. The highest BCUT2D eigenvalue weighted by atomic mass is 79.9. The van der Waals surface area contributed by atoms with Crippen LogP contribution < -0.4 is 10.5 Å². The summed E-state index contributed by atoms with van der Waals surface area (Å²) < 4.78 is 6.06. The molecule has 0 saturated carbocycles. The average molecular weight is 344 g/mol. The number of rotatable bonds is 6. The zero-order valence-corrected chi connectivity index (χ0v) is 13.1. The average Bonchev–Trinajstić information content (AvgIpc) is 2.46. The summed E-state index contributed by atoms with van der Waals surface area (Å²) in [6, 6.07) is 5.23. The van der Waals surface area contributed by atoms with Crippen LogP contribution in [0.1, 0.15) is 23.7 Å². The summed E-state index contributed by atoms with van der Waals surface area (Å²) in [5.41, 5.74) is 5.91. The summed E-state index contributed by atoms with van der Waals surface area (Å²) in [6.07, 6.45) is 0.314. The van der Waals surface area contributed by atoms with Gasteiger partial charge in [0.1, 0.15) is 11.6 Å². The van der Waals surface area contributed by atoms with Gasteiger partial charge in [0.15, 0.2) is 0 Å². The van der Waals surface area contributed by atoms with Crippen LogP contribution in [-0.2, 0) is 0 Å². The Kier molecular flexibility index (Phi) is 6.30. The lowest BCUT2D eigenvalue weighted by Gasteiger charge is -2.21. The zero-order chi connectivity index (χ0) is 15.1. The fourth-order valence-corrected chi connectivity index (χ4v) is 2.05. The van der Waals surface area contributed by atoms with Gasteiger partial charge in [0, 0.05) is 24.0 Å². The number of amidine groups is 1. The first kappa shape index (κ1) is 16.3. The van der Waals surface area contributed by atoms with E-state index in [1.54, 1.807) is 23.1 Å². The smallest absolute Gasteiger partial charge is 0.257 e. The maximum absolute atomic E-state index is 12.5. The van der Waals surface area contributed by atoms with Crippen molar-refractivity contribution in [2.75, 3.05) is 20.2 Å². The Morgan fingerprint density at radius 1 is 1.55 bits per heavy atom. The third-order valence-corrected chi connectivity index (χ3v) is 3.32. The molecule has 0 heterocycles. The van der Waals surface area contributed by atoms with Crippen LogP contribution >= 0.6 is 15.9 Å². The molecule has 0 aliphatic rings. The molecule has 0 unspecified atom stereocenters. The molecule has 0 fully saturated rings. The highest BCUT2D eigenvalue weighted by Gasteiger charge is 2.18. The quantitative estimate of drug-likeness (QED) is 0.358. The first-order valence-corrected chi connectivity index (χ1v) is 6.92. The van der Waals surface area contributed by atoms with Crippen molar-refractivity contribution in [2.45, 2.75) is 13.3 Å². The van der Waals surface area contributed by atoms with Gasteiger partial charge in [0.25, 0.3) is 5.91 Å². The van der Waals surface area contributed by atoms with E-state index >= 15 is 0 Å². The predicted octanol–water partition coefficient (Wildman–Crippen LogP) is 2.06. The molecular formula is C13H18BrN3O3. The van der Waals surface area contributed by atoms with Crippen LogP contribution in [0.5, 0.6) is 5.75 Å². The highest BCUT2D eigenvalue weighted by molar-refractivity contribution is 9.10. The number of ether oxygens (including phenoxy) is 1. The molecule has 1 amide bonds. The van der Waals surface area contributed by atoms with E-state index in [0.29, 0.717) is 30.8 Å². The minimum Gasteiger partial charge on any atom is -0.496 e. The number of hydrogen-bond donors (Lipinski definition) is 2. The highest BCUT2D eigenvalue weighted by Crippen LogP contribution is 2.24. The maximum atomic E-state index is 12.5.